The molecule has 0 spiro atoms. The van der Waals surface area contributed by atoms with Crippen molar-refractivity contribution in [2.75, 3.05) is 31.9 Å². The third-order valence-corrected chi connectivity index (χ3v) is 5.48. The molecular formula is C15H21N5S. The minimum absolute atomic E-state index is 0.617. The van der Waals surface area contributed by atoms with Gasteiger partial charge < -0.3 is 5.73 Å². The highest BCUT2D eigenvalue weighted by Gasteiger charge is 2.29. The van der Waals surface area contributed by atoms with E-state index in [1.54, 1.807) is 11.3 Å². The van der Waals surface area contributed by atoms with Crippen molar-refractivity contribution in [2.45, 2.75) is 31.8 Å². The molecule has 2 aromatic rings. The molecule has 4 heterocycles. The number of aromatic nitrogens is 2. The second-order valence-electron chi connectivity index (χ2n) is 6.09. The quantitative estimate of drug-likeness (QED) is 0.939. The third kappa shape index (κ3) is 2.63. The minimum atomic E-state index is 0.617. The summed E-state index contributed by atoms with van der Waals surface area (Å²) >= 11 is 1.64. The number of nitrogen functional groups attached to an aromatic ring is 1. The van der Waals surface area contributed by atoms with Gasteiger partial charge in [-0.15, -0.1) is 11.3 Å². The molecule has 2 saturated heterocycles. The van der Waals surface area contributed by atoms with Crippen LogP contribution in [0.2, 0.25) is 0 Å². The maximum Gasteiger partial charge on any atom is 0.146 e. The summed E-state index contributed by atoms with van der Waals surface area (Å²) in [4.78, 5) is 15.3. The number of hydrogen-bond acceptors (Lipinski definition) is 6. The van der Waals surface area contributed by atoms with Crippen molar-refractivity contribution >= 4 is 27.4 Å². The van der Waals surface area contributed by atoms with E-state index in [0.29, 0.717) is 5.82 Å². The fraction of sp³-hybridized carbons (Fsp3) is 0.600. The smallest absolute Gasteiger partial charge is 0.146 e. The summed E-state index contributed by atoms with van der Waals surface area (Å²) in [5, 5.41) is 3.01. The van der Waals surface area contributed by atoms with E-state index >= 15 is 0 Å². The van der Waals surface area contributed by atoms with Crippen molar-refractivity contribution in [1.82, 2.24) is 19.8 Å². The first kappa shape index (κ1) is 13.4. The molecule has 2 aromatic heterocycles. The molecule has 1 atom stereocenters. The molecule has 112 valence electrons. The zero-order valence-corrected chi connectivity index (χ0v) is 13.0. The van der Waals surface area contributed by atoms with E-state index in [-0.39, 0.29) is 0 Å². The van der Waals surface area contributed by atoms with E-state index in [9.17, 15) is 0 Å². The van der Waals surface area contributed by atoms with E-state index in [4.69, 9.17) is 5.73 Å². The van der Waals surface area contributed by atoms with E-state index in [1.165, 1.54) is 32.4 Å². The summed E-state index contributed by atoms with van der Waals surface area (Å²) in [6.07, 6.45) is 4.01. The predicted molar refractivity (Wildman–Crippen MR) is 86.3 cm³/mol. The lowest BCUT2D eigenvalue weighted by molar-refractivity contribution is 0.228. The van der Waals surface area contributed by atoms with Gasteiger partial charge in [-0.2, -0.15) is 0 Å². The number of fused-ring (bicyclic) bond motifs is 1. The number of hydrogen-bond donors (Lipinski definition) is 1. The molecule has 2 fully saturated rings. The zero-order valence-electron chi connectivity index (χ0n) is 12.2. The summed E-state index contributed by atoms with van der Waals surface area (Å²) in [5.41, 5.74) is 6.03. The lowest BCUT2D eigenvalue weighted by atomic mass is 10.2. The van der Waals surface area contributed by atoms with Gasteiger partial charge in [0.2, 0.25) is 0 Å². The Morgan fingerprint density at radius 2 is 2.10 bits per heavy atom. The van der Waals surface area contributed by atoms with Crippen molar-refractivity contribution in [3.05, 3.63) is 17.3 Å². The lowest BCUT2D eigenvalue weighted by Gasteiger charge is -2.23. The number of nitrogens with zero attached hydrogens (tertiary/aromatic N) is 4. The van der Waals surface area contributed by atoms with Crippen molar-refractivity contribution in [3.63, 3.8) is 0 Å². The number of likely N-dealkylation sites (tertiary alicyclic amines) is 2. The van der Waals surface area contributed by atoms with Crippen molar-refractivity contribution in [3.8, 4) is 0 Å². The number of thiophene rings is 1. The zero-order chi connectivity index (χ0) is 14.2. The van der Waals surface area contributed by atoms with Gasteiger partial charge in [0.15, 0.2) is 0 Å². The monoisotopic (exact) mass is 303 g/mol. The van der Waals surface area contributed by atoms with Crippen LogP contribution in [0.1, 0.15) is 25.1 Å². The van der Waals surface area contributed by atoms with Crippen molar-refractivity contribution in [2.24, 2.45) is 0 Å². The topological polar surface area (TPSA) is 58.3 Å². The highest BCUT2D eigenvalue weighted by molar-refractivity contribution is 7.16. The first-order chi connectivity index (χ1) is 10.3. The Morgan fingerprint density at radius 3 is 2.95 bits per heavy atom. The van der Waals surface area contributed by atoms with Gasteiger partial charge in [0, 0.05) is 19.1 Å². The molecule has 2 aliphatic rings. The fourth-order valence-corrected chi connectivity index (χ4v) is 4.35. The van der Waals surface area contributed by atoms with Crippen LogP contribution in [0.15, 0.2) is 11.4 Å². The molecule has 0 aliphatic carbocycles. The summed E-state index contributed by atoms with van der Waals surface area (Å²) in [6.45, 7) is 5.67. The molecule has 0 aromatic carbocycles. The first-order valence-corrected chi connectivity index (χ1v) is 8.63. The Hall–Kier alpha value is -1.24. The van der Waals surface area contributed by atoms with Crippen LogP contribution < -0.4 is 5.73 Å². The highest BCUT2D eigenvalue weighted by Crippen LogP contribution is 2.25. The molecule has 4 rings (SSSR count). The molecule has 0 radical (unpaired) electrons. The molecule has 5 nitrogen and oxygen atoms in total. The summed E-state index contributed by atoms with van der Waals surface area (Å²) < 4.78 is 0. The van der Waals surface area contributed by atoms with Gasteiger partial charge in [-0.25, -0.2) is 9.97 Å². The van der Waals surface area contributed by atoms with Gasteiger partial charge in [0.1, 0.15) is 16.5 Å². The lowest BCUT2D eigenvalue weighted by Crippen LogP contribution is -2.35. The van der Waals surface area contributed by atoms with E-state index in [0.717, 1.165) is 41.7 Å². The molecule has 0 saturated carbocycles. The van der Waals surface area contributed by atoms with Crippen LogP contribution >= 0.6 is 11.3 Å². The Kier molecular flexibility index (Phi) is 3.52. The Bertz CT molecular complexity index is 634. The van der Waals surface area contributed by atoms with Crippen LogP contribution in [0.5, 0.6) is 0 Å². The largest absolute Gasteiger partial charge is 0.383 e. The summed E-state index contributed by atoms with van der Waals surface area (Å²) in [5.74, 6) is 1.48. The normalized spacial score (nSPS) is 24.3. The van der Waals surface area contributed by atoms with Crippen LogP contribution in [0.25, 0.3) is 10.2 Å². The molecule has 1 unspecified atom stereocenters. The molecular weight excluding hydrogens is 282 g/mol. The van der Waals surface area contributed by atoms with Gasteiger partial charge >= 0.3 is 0 Å². The van der Waals surface area contributed by atoms with Crippen molar-refractivity contribution < 1.29 is 0 Å². The number of nitrogens with two attached hydrogens (primary N) is 1. The van der Waals surface area contributed by atoms with Gasteiger partial charge in [-0.3, -0.25) is 9.80 Å². The van der Waals surface area contributed by atoms with Crippen LogP contribution in [-0.4, -0.2) is 52.0 Å². The molecule has 2 N–H and O–H groups in total. The van der Waals surface area contributed by atoms with Gasteiger partial charge in [-0.05, 0) is 43.8 Å². The molecule has 0 bridgehead atoms. The van der Waals surface area contributed by atoms with Gasteiger partial charge in [0.05, 0.1) is 11.9 Å². The first-order valence-electron chi connectivity index (χ1n) is 7.75. The molecule has 0 amide bonds. The van der Waals surface area contributed by atoms with Crippen molar-refractivity contribution in [1.29, 1.82) is 0 Å². The van der Waals surface area contributed by atoms with Gasteiger partial charge in [0.25, 0.3) is 0 Å². The number of rotatable bonds is 3. The third-order valence-electron chi connectivity index (χ3n) is 4.67. The predicted octanol–water partition coefficient (Wildman–Crippen LogP) is 1.94. The van der Waals surface area contributed by atoms with E-state index < -0.39 is 0 Å². The maximum atomic E-state index is 6.03. The minimum Gasteiger partial charge on any atom is -0.383 e. The second-order valence-corrected chi connectivity index (χ2v) is 6.98. The molecule has 21 heavy (non-hydrogen) atoms. The summed E-state index contributed by atoms with van der Waals surface area (Å²) in [6, 6.07) is 2.73. The average Bonchev–Trinajstić information content (AvgIpc) is 3.19. The SMILES string of the molecule is Nc1nc(CN2CCC(N3CCCC3)C2)nc2sccc12. The summed E-state index contributed by atoms with van der Waals surface area (Å²) in [7, 11) is 0. The second kappa shape index (κ2) is 5.51. The van der Waals surface area contributed by atoms with Crippen LogP contribution in [0, 0.1) is 0 Å². The Balaban J connectivity index is 1.45. The van der Waals surface area contributed by atoms with Gasteiger partial charge in [-0.1, -0.05) is 0 Å². The fourth-order valence-electron chi connectivity index (χ4n) is 3.56. The van der Waals surface area contributed by atoms with Crippen LogP contribution in [-0.2, 0) is 6.54 Å². The highest BCUT2D eigenvalue weighted by atomic mass is 32.1. The van der Waals surface area contributed by atoms with E-state index in [1.807, 2.05) is 11.4 Å². The van der Waals surface area contributed by atoms with Crippen LogP contribution in [0.3, 0.4) is 0 Å². The number of anilines is 1. The molecule has 6 heteroatoms. The van der Waals surface area contributed by atoms with E-state index in [2.05, 4.69) is 19.8 Å². The average molecular weight is 303 g/mol. The Morgan fingerprint density at radius 1 is 1.24 bits per heavy atom. The Labute approximate surface area is 128 Å². The molecule has 2 aliphatic heterocycles. The maximum absolute atomic E-state index is 6.03. The standard InChI is InChI=1S/C15H21N5S/c16-14-12-4-8-21-15(12)18-13(17-14)10-19-7-3-11(9-19)20-5-1-2-6-20/h4,8,11H,1-3,5-7,9-10H2,(H2,16,17,18). The van der Waals surface area contributed by atoms with Crippen LogP contribution in [0.4, 0.5) is 5.82 Å².